The van der Waals surface area contributed by atoms with Crippen LogP contribution in [-0.2, 0) is 0 Å². The van der Waals surface area contributed by atoms with E-state index in [4.69, 9.17) is 4.74 Å². The van der Waals surface area contributed by atoms with Gasteiger partial charge in [0.1, 0.15) is 11.5 Å². The smallest absolute Gasteiger partial charge is 0.127 e. The van der Waals surface area contributed by atoms with E-state index in [1.807, 2.05) is 54.6 Å². The van der Waals surface area contributed by atoms with Gasteiger partial charge in [0.2, 0.25) is 0 Å². The second-order valence-corrected chi connectivity index (χ2v) is 3.13. The predicted octanol–water partition coefficient (Wildman–Crippen LogP) is 4.11. The molecule has 0 atom stereocenters. The molecule has 0 aliphatic heterocycles. The minimum absolute atomic E-state index is 0.827. The van der Waals surface area contributed by atoms with E-state index in [-0.39, 0.29) is 0 Å². The highest BCUT2D eigenvalue weighted by molar-refractivity contribution is 5.50. The number of hydrogen-bond donors (Lipinski definition) is 0. The summed E-state index contributed by atoms with van der Waals surface area (Å²) in [6, 6.07) is 17.4. The van der Waals surface area contributed by atoms with Crippen LogP contribution in [-0.4, -0.2) is 7.05 Å². The molecule has 0 saturated carbocycles. The van der Waals surface area contributed by atoms with Crippen molar-refractivity contribution in [3.05, 3.63) is 59.9 Å². The number of ether oxygens (including phenoxy) is 1. The van der Waals surface area contributed by atoms with Crippen molar-refractivity contribution in [2.45, 2.75) is 0 Å². The molecule has 2 heteroatoms. The lowest BCUT2D eigenvalue weighted by molar-refractivity contribution is 0.483. The van der Waals surface area contributed by atoms with Crippen molar-refractivity contribution in [2.75, 3.05) is 7.05 Å². The molecule has 0 aliphatic rings. The van der Waals surface area contributed by atoms with Gasteiger partial charge in [-0.2, -0.15) is 0 Å². The Kier molecular flexibility index (Phi) is 2.88. The zero-order chi connectivity index (χ0) is 10.5. The lowest BCUT2D eigenvalue weighted by Crippen LogP contribution is -1.82. The van der Waals surface area contributed by atoms with E-state index in [1.54, 1.807) is 7.05 Å². The summed E-state index contributed by atoms with van der Waals surface area (Å²) in [6.07, 6.45) is 0. The van der Waals surface area contributed by atoms with Gasteiger partial charge >= 0.3 is 0 Å². The molecule has 2 rings (SSSR count). The third-order valence-electron chi connectivity index (χ3n) is 2.07. The van der Waals surface area contributed by atoms with Crippen molar-refractivity contribution in [3.63, 3.8) is 0 Å². The molecule has 0 heterocycles. The molecule has 0 unspecified atom stereocenters. The molecular formula is C13H12NO-. The molecule has 0 saturated heterocycles. The van der Waals surface area contributed by atoms with Crippen LogP contribution < -0.4 is 4.74 Å². The molecule has 76 valence electrons. The van der Waals surface area contributed by atoms with Crippen LogP contribution in [0.2, 0.25) is 0 Å². The number of nitrogens with zero attached hydrogens (tertiary/aromatic N) is 1. The van der Waals surface area contributed by atoms with Gasteiger partial charge in [-0.25, -0.2) is 0 Å². The fourth-order valence-corrected chi connectivity index (χ4v) is 1.29. The Morgan fingerprint density at radius 1 is 0.800 bits per heavy atom. The second kappa shape index (κ2) is 4.51. The fraction of sp³-hybridized carbons (Fsp3) is 0.0769. The van der Waals surface area contributed by atoms with Crippen LogP contribution in [0.1, 0.15) is 0 Å². The van der Waals surface area contributed by atoms with Crippen molar-refractivity contribution < 1.29 is 4.74 Å². The van der Waals surface area contributed by atoms with Crippen LogP contribution in [0.15, 0.2) is 54.6 Å². The van der Waals surface area contributed by atoms with Gasteiger partial charge in [0.15, 0.2) is 0 Å². The Morgan fingerprint density at radius 3 is 2.00 bits per heavy atom. The van der Waals surface area contributed by atoms with Gasteiger partial charge in [-0.15, -0.1) is 12.7 Å². The summed E-state index contributed by atoms with van der Waals surface area (Å²) in [5.74, 6) is 1.67. The molecule has 0 N–H and O–H groups in total. The highest BCUT2D eigenvalue weighted by Gasteiger charge is 1.93. The number of hydrogen-bond acceptors (Lipinski definition) is 1. The molecule has 2 nitrogen and oxygen atoms in total. The Bertz CT molecular complexity index is 408. The molecule has 0 spiro atoms. The molecule has 0 fully saturated rings. The van der Waals surface area contributed by atoms with E-state index in [0.29, 0.717) is 0 Å². The summed E-state index contributed by atoms with van der Waals surface area (Å²) in [4.78, 5) is 0. The van der Waals surface area contributed by atoms with Crippen molar-refractivity contribution in [3.8, 4) is 11.5 Å². The van der Waals surface area contributed by atoms with E-state index in [1.165, 1.54) is 0 Å². The van der Waals surface area contributed by atoms with E-state index in [2.05, 4.69) is 5.32 Å². The molecule has 0 aromatic heterocycles. The average Bonchev–Trinajstić information content (AvgIpc) is 2.31. The van der Waals surface area contributed by atoms with Gasteiger partial charge < -0.3 is 10.1 Å². The van der Waals surface area contributed by atoms with Crippen molar-refractivity contribution in [1.82, 2.24) is 0 Å². The Labute approximate surface area is 89.5 Å². The summed E-state index contributed by atoms with van der Waals surface area (Å²) in [5.41, 5.74) is 0.954. The lowest BCUT2D eigenvalue weighted by Gasteiger charge is -2.13. The quantitative estimate of drug-likeness (QED) is 0.727. The molecular weight excluding hydrogens is 186 g/mol. The third kappa shape index (κ3) is 2.50. The second-order valence-electron chi connectivity index (χ2n) is 3.13. The Hall–Kier alpha value is -1.96. The van der Waals surface area contributed by atoms with Crippen LogP contribution in [0.25, 0.3) is 5.32 Å². The van der Waals surface area contributed by atoms with Gasteiger partial charge in [0.05, 0.1) is 0 Å². The minimum atomic E-state index is 0.827. The van der Waals surface area contributed by atoms with Crippen molar-refractivity contribution in [2.24, 2.45) is 0 Å². The highest BCUT2D eigenvalue weighted by atomic mass is 16.5. The monoisotopic (exact) mass is 198 g/mol. The normalized spacial score (nSPS) is 9.67. The van der Waals surface area contributed by atoms with Crippen LogP contribution in [0.4, 0.5) is 5.69 Å². The zero-order valence-electron chi connectivity index (χ0n) is 8.55. The first-order valence-electron chi connectivity index (χ1n) is 4.81. The first-order valence-corrected chi connectivity index (χ1v) is 4.81. The lowest BCUT2D eigenvalue weighted by atomic mass is 10.3. The van der Waals surface area contributed by atoms with E-state index < -0.39 is 0 Å². The van der Waals surface area contributed by atoms with Crippen LogP contribution in [0, 0.1) is 0 Å². The number of rotatable bonds is 3. The summed E-state index contributed by atoms with van der Waals surface area (Å²) >= 11 is 0. The summed E-state index contributed by atoms with van der Waals surface area (Å²) < 4.78 is 5.64. The summed E-state index contributed by atoms with van der Waals surface area (Å²) in [6.45, 7) is 0. The first kappa shape index (κ1) is 9.59. The largest absolute Gasteiger partial charge is 0.687 e. The first-order chi connectivity index (χ1) is 7.38. The molecule has 0 amide bonds. The van der Waals surface area contributed by atoms with Crippen molar-refractivity contribution in [1.29, 1.82) is 0 Å². The number of para-hydroxylation sites is 1. The summed E-state index contributed by atoms with van der Waals surface area (Å²) in [7, 11) is 1.77. The standard InChI is InChI=1S/C13H12NO/c1-14-11-7-9-13(10-8-11)15-12-5-3-2-4-6-12/h2-10H,1H3/q-1. The SMILES string of the molecule is C[N-]c1ccc(Oc2ccccc2)cc1. The maximum Gasteiger partial charge on any atom is 0.127 e. The average molecular weight is 198 g/mol. The molecule has 0 bridgehead atoms. The Morgan fingerprint density at radius 2 is 1.40 bits per heavy atom. The maximum absolute atomic E-state index is 5.64. The van der Waals surface area contributed by atoms with Crippen LogP contribution >= 0.6 is 0 Å². The van der Waals surface area contributed by atoms with Gasteiger partial charge in [0, 0.05) is 0 Å². The topological polar surface area (TPSA) is 23.3 Å². The van der Waals surface area contributed by atoms with Gasteiger partial charge in [-0.05, 0) is 24.3 Å². The van der Waals surface area contributed by atoms with Gasteiger partial charge in [-0.1, -0.05) is 30.3 Å². The van der Waals surface area contributed by atoms with E-state index in [9.17, 15) is 0 Å². The van der Waals surface area contributed by atoms with Gasteiger partial charge in [-0.3, -0.25) is 0 Å². The fourth-order valence-electron chi connectivity index (χ4n) is 1.29. The molecule has 2 aromatic rings. The Balaban J connectivity index is 2.11. The third-order valence-corrected chi connectivity index (χ3v) is 2.07. The van der Waals surface area contributed by atoms with Crippen LogP contribution in [0.3, 0.4) is 0 Å². The maximum atomic E-state index is 5.64. The highest BCUT2D eigenvalue weighted by Crippen LogP contribution is 2.24. The molecule has 0 aliphatic carbocycles. The van der Waals surface area contributed by atoms with Gasteiger partial charge in [0.25, 0.3) is 0 Å². The van der Waals surface area contributed by atoms with Crippen LogP contribution in [0.5, 0.6) is 11.5 Å². The molecule has 0 radical (unpaired) electrons. The minimum Gasteiger partial charge on any atom is -0.687 e. The van der Waals surface area contributed by atoms with E-state index >= 15 is 0 Å². The number of benzene rings is 2. The molecule has 2 aromatic carbocycles. The van der Waals surface area contributed by atoms with E-state index in [0.717, 1.165) is 17.2 Å². The predicted molar refractivity (Wildman–Crippen MR) is 61.9 cm³/mol. The summed E-state index contributed by atoms with van der Waals surface area (Å²) in [5, 5.41) is 4.06. The molecule has 15 heavy (non-hydrogen) atoms. The van der Waals surface area contributed by atoms with Crippen molar-refractivity contribution >= 4 is 5.69 Å². The zero-order valence-corrected chi connectivity index (χ0v) is 8.55.